The van der Waals surface area contributed by atoms with Gasteiger partial charge in [0.2, 0.25) is 5.91 Å². The summed E-state index contributed by atoms with van der Waals surface area (Å²) in [7, 11) is -3.75. The Hall–Kier alpha value is -2.78. The third-order valence-electron chi connectivity index (χ3n) is 6.95. The molecular formula is C24H26FN3O4S. The second-order valence-electron chi connectivity index (χ2n) is 8.85. The van der Waals surface area contributed by atoms with Gasteiger partial charge in [-0.15, -0.1) is 4.40 Å². The van der Waals surface area contributed by atoms with Crippen molar-refractivity contribution >= 4 is 21.8 Å². The number of sulfonamides is 1. The SMILES string of the molecule is O=C(NCC1(c2ccc(F)cc2)CCOCC1)[C@@H]1CCCN1C1=NS(=O)(=O)c2ccccc21. The topological polar surface area (TPSA) is 88.1 Å². The number of hydrogen-bond donors (Lipinski definition) is 1. The third-order valence-corrected chi connectivity index (χ3v) is 8.27. The largest absolute Gasteiger partial charge is 0.381 e. The predicted molar refractivity (Wildman–Crippen MR) is 121 cm³/mol. The summed E-state index contributed by atoms with van der Waals surface area (Å²) >= 11 is 0. The van der Waals surface area contributed by atoms with Crippen molar-refractivity contribution in [3.63, 3.8) is 0 Å². The molecule has 2 aromatic rings. The van der Waals surface area contributed by atoms with Gasteiger partial charge < -0.3 is 15.0 Å². The van der Waals surface area contributed by atoms with E-state index in [9.17, 15) is 17.6 Å². The summed E-state index contributed by atoms with van der Waals surface area (Å²) in [6.07, 6.45) is 2.85. The molecule has 3 aliphatic rings. The van der Waals surface area contributed by atoms with Crippen LogP contribution < -0.4 is 5.32 Å². The standard InChI is InChI=1S/C24H26FN3O4S/c25-18-9-7-17(8-10-18)24(11-14-32-15-12-24)16-26-23(29)20-5-3-13-28(20)22-19-4-1-2-6-21(19)33(30,31)27-22/h1-2,4,6-10,20H,3,5,11-16H2,(H,26,29)/t20-/m0/s1. The Morgan fingerprint density at radius 1 is 1.15 bits per heavy atom. The van der Waals surface area contributed by atoms with Crippen molar-refractivity contribution in [2.75, 3.05) is 26.3 Å². The Bertz CT molecular complexity index is 1190. The van der Waals surface area contributed by atoms with Crippen LogP contribution in [0.2, 0.25) is 0 Å². The summed E-state index contributed by atoms with van der Waals surface area (Å²) in [5.74, 6) is -0.0910. The highest BCUT2D eigenvalue weighted by Crippen LogP contribution is 2.35. The number of likely N-dealkylation sites (tertiary alicyclic amines) is 1. The zero-order chi connectivity index (χ0) is 23.1. The second-order valence-corrected chi connectivity index (χ2v) is 10.4. The summed E-state index contributed by atoms with van der Waals surface area (Å²) in [5.41, 5.74) is 1.20. The van der Waals surface area contributed by atoms with Gasteiger partial charge in [-0.3, -0.25) is 4.79 Å². The first-order valence-electron chi connectivity index (χ1n) is 11.2. The van der Waals surface area contributed by atoms with Crippen LogP contribution in [0.1, 0.15) is 36.8 Å². The van der Waals surface area contributed by atoms with Crippen molar-refractivity contribution < 1.29 is 22.3 Å². The summed E-state index contributed by atoms with van der Waals surface area (Å²) in [4.78, 5) is 15.3. The minimum atomic E-state index is -3.75. The fourth-order valence-corrected chi connectivity index (χ4v) is 6.31. The van der Waals surface area contributed by atoms with Gasteiger partial charge >= 0.3 is 0 Å². The Balaban J connectivity index is 1.36. The van der Waals surface area contributed by atoms with Crippen molar-refractivity contribution in [3.8, 4) is 0 Å². The summed E-state index contributed by atoms with van der Waals surface area (Å²) in [6, 6.07) is 12.7. The summed E-state index contributed by atoms with van der Waals surface area (Å²) in [6.45, 7) is 2.13. The monoisotopic (exact) mass is 471 g/mol. The zero-order valence-corrected chi connectivity index (χ0v) is 19.0. The zero-order valence-electron chi connectivity index (χ0n) is 18.2. The van der Waals surface area contributed by atoms with Gasteiger partial charge in [-0.1, -0.05) is 24.3 Å². The molecule has 3 heterocycles. The lowest BCUT2D eigenvalue weighted by Gasteiger charge is -2.38. The third kappa shape index (κ3) is 4.04. The van der Waals surface area contributed by atoms with Crippen LogP contribution in [0.5, 0.6) is 0 Å². The molecular weight excluding hydrogens is 445 g/mol. The van der Waals surface area contributed by atoms with Gasteiger partial charge in [0.1, 0.15) is 16.8 Å². The molecule has 5 rings (SSSR count). The van der Waals surface area contributed by atoms with Gasteiger partial charge in [-0.05, 0) is 55.5 Å². The Morgan fingerprint density at radius 3 is 2.64 bits per heavy atom. The molecule has 0 saturated carbocycles. The van der Waals surface area contributed by atoms with E-state index in [1.165, 1.54) is 12.1 Å². The Kier molecular flexibility index (Phi) is 5.70. The number of hydrogen-bond acceptors (Lipinski definition) is 5. The fraction of sp³-hybridized carbons (Fsp3) is 0.417. The van der Waals surface area contributed by atoms with Crippen molar-refractivity contribution in [3.05, 3.63) is 65.5 Å². The maximum absolute atomic E-state index is 13.5. The van der Waals surface area contributed by atoms with Gasteiger partial charge in [0.05, 0.1) is 0 Å². The highest BCUT2D eigenvalue weighted by molar-refractivity contribution is 7.90. The maximum Gasteiger partial charge on any atom is 0.285 e. The first-order chi connectivity index (χ1) is 15.9. The number of rotatable bonds is 4. The molecule has 0 bridgehead atoms. The number of carbonyl (C=O) groups excluding carboxylic acids is 1. The molecule has 9 heteroatoms. The summed E-state index contributed by atoms with van der Waals surface area (Å²) < 4.78 is 48.0. The molecule has 2 aromatic carbocycles. The minimum Gasteiger partial charge on any atom is -0.381 e. The van der Waals surface area contributed by atoms with E-state index in [0.29, 0.717) is 44.1 Å². The van der Waals surface area contributed by atoms with Crippen LogP contribution in [0.4, 0.5) is 4.39 Å². The lowest BCUT2D eigenvalue weighted by Crippen LogP contribution is -2.50. The molecule has 0 aromatic heterocycles. The lowest BCUT2D eigenvalue weighted by atomic mass is 9.74. The van der Waals surface area contributed by atoms with Gasteiger partial charge in [0.25, 0.3) is 10.0 Å². The molecule has 7 nitrogen and oxygen atoms in total. The molecule has 174 valence electrons. The van der Waals surface area contributed by atoms with Crippen molar-refractivity contribution in [2.24, 2.45) is 4.40 Å². The van der Waals surface area contributed by atoms with Gasteiger partial charge in [0.15, 0.2) is 5.84 Å². The Labute approximate surface area is 192 Å². The van der Waals surface area contributed by atoms with E-state index in [1.807, 2.05) is 4.90 Å². The first-order valence-corrected chi connectivity index (χ1v) is 12.7. The van der Waals surface area contributed by atoms with Crippen LogP contribution >= 0.6 is 0 Å². The van der Waals surface area contributed by atoms with Crippen LogP contribution in [0.25, 0.3) is 0 Å². The first kappa shape index (κ1) is 22.0. The predicted octanol–water partition coefficient (Wildman–Crippen LogP) is 2.60. The number of benzene rings is 2. The minimum absolute atomic E-state index is 0.148. The lowest BCUT2D eigenvalue weighted by molar-refractivity contribution is -0.124. The number of ether oxygens (including phenoxy) is 1. The number of nitrogens with one attached hydrogen (secondary N) is 1. The fourth-order valence-electron chi connectivity index (χ4n) is 5.10. The van der Waals surface area contributed by atoms with Crippen molar-refractivity contribution in [1.29, 1.82) is 0 Å². The number of carbonyl (C=O) groups is 1. The maximum atomic E-state index is 13.5. The molecule has 0 unspecified atom stereocenters. The smallest absolute Gasteiger partial charge is 0.285 e. The number of fused-ring (bicyclic) bond motifs is 1. The Morgan fingerprint density at radius 2 is 1.88 bits per heavy atom. The molecule has 3 aliphatic heterocycles. The van der Waals surface area contributed by atoms with Gasteiger partial charge in [0, 0.05) is 37.3 Å². The van der Waals surface area contributed by atoms with Crippen LogP contribution in [0, 0.1) is 5.82 Å². The number of nitrogens with zero attached hydrogens (tertiary/aromatic N) is 2. The molecule has 0 radical (unpaired) electrons. The van der Waals surface area contributed by atoms with Crippen molar-refractivity contribution in [2.45, 2.75) is 42.0 Å². The molecule has 2 fully saturated rings. The van der Waals surface area contributed by atoms with E-state index in [1.54, 1.807) is 36.4 Å². The molecule has 0 spiro atoms. The molecule has 33 heavy (non-hydrogen) atoms. The highest BCUT2D eigenvalue weighted by atomic mass is 32.2. The van der Waals surface area contributed by atoms with Crippen LogP contribution in [0.3, 0.4) is 0 Å². The molecule has 1 amide bonds. The van der Waals surface area contributed by atoms with Crippen LogP contribution in [-0.4, -0.2) is 57.4 Å². The van der Waals surface area contributed by atoms with Gasteiger partial charge in [-0.2, -0.15) is 8.42 Å². The highest BCUT2D eigenvalue weighted by Gasteiger charge is 2.40. The van der Waals surface area contributed by atoms with E-state index in [0.717, 1.165) is 24.8 Å². The van der Waals surface area contributed by atoms with Gasteiger partial charge in [-0.25, -0.2) is 4.39 Å². The summed E-state index contributed by atoms with van der Waals surface area (Å²) in [5, 5.41) is 3.11. The number of amidine groups is 1. The molecule has 1 N–H and O–H groups in total. The average Bonchev–Trinajstić information content (AvgIpc) is 3.41. The van der Waals surface area contributed by atoms with E-state index in [-0.39, 0.29) is 22.0 Å². The second kappa shape index (κ2) is 8.53. The average molecular weight is 472 g/mol. The normalized spacial score (nSPS) is 23.1. The quantitative estimate of drug-likeness (QED) is 0.741. The molecule has 1 atom stereocenters. The van der Waals surface area contributed by atoms with E-state index >= 15 is 0 Å². The molecule has 0 aliphatic carbocycles. The number of amides is 1. The molecule has 2 saturated heterocycles. The van der Waals surface area contributed by atoms with E-state index < -0.39 is 16.1 Å². The van der Waals surface area contributed by atoms with E-state index in [2.05, 4.69) is 9.71 Å². The van der Waals surface area contributed by atoms with E-state index in [4.69, 9.17) is 4.74 Å². The van der Waals surface area contributed by atoms with Crippen molar-refractivity contribution in [1.82, 2.24) is 10.2 Å². The van der Waals surface area contributed by atoms with Crippen LogP contribution in [-0.2, 0) is 25.0 Å². The van der Waals surface area contributed by atoms with Crippen LogP contribution in [0.15, 0.2) is 57.8 Å². The number of halogens is 1.